The fourth-order valence-electron chi connectivity index (χ4n) is 2.04. The van der Waals surface area contributed by atoms with Crippen molar-refractivity contribution >= 4 is 0 Å². The summed E-state index contributed by atoms with van der Waals surface area (Å²) in [5.74, 6) is 1.49. The molecule has 3 nitrogen and oxygen atoms in total. The van der Waals surface area contributed by atoms with Gasteiger partial charge >= 0.3 is 0 Å². The fraction of sp³-hybridized carbons (Fsp3) is 0.714. The van der Waals surface area contributed by atoms with E-state index in [9.17, 15) is 0 Å². The predicted octanol–water partition coefficient (Wildman–Crippen LogP) is 3.39. The summed E-state index contributed by atoms with van der Waals surface area (Å²) in [6.07, 6.45) is 9.70. The highest BCUT2D eigenvalue weighted by atomic mass is 14.9. The Balaban J connectivity index is 2.51. The summed E-state index contributed by atoms with van der Waals surface area (Å²) in [7, 11) is 0. The van der Waals surface area contributed by atoms with Gasteiger partial charge in [-0.05, 0) is 24.8 Å². The van der Waals surface area contributed by atoms with Crippen molar-refractivity contribution in [2.75, 3.05) is 0 Å². The van der Waals surface area contributed by atoms with Gasteiger partial charge in [0.05, 0.1) is 6.04 Å². The second-order valence-electron chi connectivity index (χ2n) is 4.88. The Kier molecular flexibility index (Phi) is 6.12. The molecule has 2 atom stereocenters. The topological polar surface area (TPSA) is 51.8 Å². The molecule has 0 radical (unpaired) electrons. The second-order valence-corrected chi connectivity index (χ2v) is 4.88. The molecule has 1 rings (SSSR count). The summed E-state index contributed by atoms with van der Waals surface area (Å²) in [6, 6.07) is -0.0163. The molecule has 0 spiro atoms. The molecule has 3 heteroatoms. The smallest absolute Gasteiger partial charge is 0.144 e. The summed E-state index contributed by atoms with van der Waals surface area (Å²) in [6.45, 7) is 6.46. The summed E-state index contributed by atoms with van der Waals surface area (Å²) in [4.78, 5) is 8.62. The highest BCUT2D eigenvalue weighted by Crippen LogP contribution is 2.23. The largest absolute Gasteiger partial charge is 0.321 e. The lowest BCUT2D eigenvalue weighted by atomic mass is 9.92. The highest BCUT2D eigenvalue weighted by molar-refractivity contribution is 5.04. The van der Waals surface area contributed by atoms with Crippen LogP contribution in [0, 0.1) is 12.8 Å². The van der Waals surface area contributed by atoms with E-state index in [0.29, 0.717) is 5.92 Å². The average molecular weight is 235 g/mol. The number of nitrogens with two attached hydrogens (primary N) is 1. The minimum absolute atomic E-state index is 0.0163. The molecular weight excluding hydrogens is 210 g/mol. The Bertz CT molecular complexity index is 308. The lowest BCUT2D eigenvalue weighted by Gasteiger charge is -2.18. The first kappa shape index (κ1) is 14.1. The fourth-order valence-corrected chi connectivity index (χ4v) is 2.04. The molecule has 96 valence electrons. The molecule has 0 aliphatic rings. The quantitative estimate of drug-likeness (QED) is 0.788. The molecule has 2 unspecified atom stereocenters. The number of rotatable bonds is 7. The van der Waals surface area contributed by atoms with E-state index in [0.717, 1.165) is 17.8 Å². The van der Waals surface area contributed by atoms with Gasteiger partial charge in [0.15, 0.2) is 0 Å². The number of hydrogen-bond donors (Lipinski definition) is 1. The molecule has 0 amide bonds. The first-order valence-corrected chi connectivity index (χ1v) is 6.71. The van der Waals surface area contributed by atoms with Crippen LogP contribution in [0.25, 0.3) is 0 Å². The molecular formula is C14H25N3. The van der Waals surface area contributed by atoms with Crippen LogP contribution in [0.15, 0.2) is 12.4 Å². The third-order valence-corrected chi connectivity index (χ3v) is 3.26. The van der Waals surface area contributed by atoms with Gasteiger partial charge in [-0.15, -0.1) is 0 Å². The first-order chi connectivity index (χ1) is 8.17. The normalized spacial score (nSPS) is 14.6. The monoisotopic (exact) mass is 235 g/mol. The Hall–Kier alpha value is -0.960. The Morgan fingerprint density at radius 3 is 2.41 bits per heavy atom. The number of aryl methyl sites for hydroxylation is 1. The maximum Gasteiger partial charge on any atom is 0.144 e. The number of aromatic nitrogens is 2. The van der Waals surface area contributed by atoms with E-state index in [1.807, 2.05) is 19.3 Å². The predicted molar refractivity (Wildman–Crippen MR) is 71.6 cm³/mol. The van der Waals surface area contributed by atoms with Crippen molar-refractivity contribution in [1.29, 1.82) is 0 Å². The molecule has 0 saturated heterocycles. The Labute approximate surface area is 105 Å². The molecule has 0 fully saturated rings. The summed E-state index contributed by atoms with van der Waals surface area (Å²) >= 11 is 0. The maximum absolute atomic E-state index is 6.17. The van der Waals surface area contributed by atoms with Gasteiger partial charge in [-0.3, -0.25) is 0 Å². The Morgan fingerprint density at radius 2 is 1.88 bits per heavy atom. The summed E-state index contributed by atoms with van der Waals surface area (Å²) < 4.78 is 0. The first-order valence-electron chi connectivity index (χ1n) is 6.71. The third kappa shape index (κ3) is 4.82. The SMILES string of the molecule is CCCCC(CC)CC(N)c1ncc(C)cn1. The van der Waals surface area contributed by atoms with Crippen molar-refractivity contribution in [3.63, 3.8) is 0 Å². The van der Waals surface area contributed by atoms with E-state index >= 15 is 0 Å². The van der Waals surface area contributed by atoms with Crippen LogP contribution in [-0.4, -0.2) is 9.97 Å². The van der Waals surface area contributed by atoms with Crippen molar-refractivity contribution in [1.82, 2.24) is 9.97 Å². The number of unbranched alkanes of at least 4 members (excludes halogenated alkanes) is 1. The van der Waals surface area contributed by atoms with E-state index in [4.69, 9.17) is 5.73 Å². The van der Waals surface area contributed by atoms with Gasteiger partial charge in [0.25, 0.3) is 0 Å². The van der Waals surface area contributed by atoms with E-state index in [1.165, 1.54) is 25.7 Å². The van der Waals surface area contributed by atoms with Crippen LogP contribution in [0.1, 0.15) is 63.4 Å². The molecule has 0 aliphatic carbocycles. The maximum atomic E-state index is 6.17. The number of nitrogens with zero attached hydrogens (tertiary/aromatic N) is 2. The molecule has 17 heavy (non-hydrogen) atoms. The van der Waals surface area contributed by atoms with Crippen molar-refractivity contribution in [2.24, 2.45) is 11.7 Å². The minimum Gasteiger partial charge on any atom is -0.321 e. The molecule has 0 bridgehead atoms. The van der Waals surface area contributed by atoms with Gasteiger partial charge in [0.2, 0.25) is 0 Å². The lowest BCUT2D eigenvalue weighted by Crippen LogP contribution is -2.18. The summed E-state index contributed by atoms with van der Waals surface area (Å²) in [5.41, 5.74) is 7.25. The van der Waals surface area contributed by atoms with Crippen molar-refractivity contribution < 1.29 is 0 Å². The molecule has 2 N–H and O–H groups in total. The van der Waals surface area contributed by atoms with Crippen LogP contribution in [0.5, 0.6) is 0 Å². The zero-order chi connectivity index (χ0) is 12.7. The summed E-state index contributed by atoms with van der Waals surface area (Å²) in [5, 5.41) is 0. The van der Waals surface area contributed by atoms with Crippen LogP contribution in [0.2, 0.25) is 0 Å². The van der Waals surface area contributed by atoms with E-state index < -0.39 is 0 Å². The second kappa shape index (κ2) is 7.38. The zero-order valence-electron chi connectivity index (χ0n) is 11.3. The highest BCUT2D eigenvalue weighted by Gasteiger charge is 2.15. The molecule has 1 heterocycles. The van der Waals surface area contributed by atoms with Gasteiger partial charge in [-0.2, -0.15) is 0 Å². The molecule has 0 aromatic carbocycles. The molecule has 0 aliphatic heterocycles. The van der Waals surface area contributed by atoms with Crippen molar-refractivity contribution in [3.8, 4) is 0 Å². The Morgan fingerprint density at radius 1 is 1.24 bits per heavy atom. The van der Waals surface area contributed by atoms with Gasteiger partial charge in [-0.1, -0.05) is 39.5 Å². The van der Waals surface area contributed by atoms with Crippen LogP contribution in [0.3, 0.4) is 0 Å². The lowest BCUT2D eigenvalue weighted by molar-refractivity contribution is 0.382. The van der Waals surface area contributed by atoms with Gasteiger partial charge < -0.3 is 5.73 Å². The van der Waals surface area contributed by atoms with Crippen LogP contribution < -0.4 is 5.73 Å². The average Bonchev–Trinajstić information content (AvgIpc) is 2.35. The van der Waals surface area contributed by atoms with Crippen molar-refractivity contribution in [3.05, 3.63) is 23.8 Å². The molecule has 1 aromatic heterocycles. The van der Waals surface area contributed by atoms with Crippen LogP contribution in [-0.2, 0) is 0 Å². The van der Waals surface area contributed by atoms with Gasteiger partial charge in [0, 0.05) is 12.4 Å². The van der Waals surface area contributed by atoms with E-state index in [2.05, 4.69) is 23.8 Å². The standard InChI is InChI=1S/C14H25N3/c1-4-6-7-12(5-2)8-13(15)14-16-9-11(3)10-17-14/h9-10,12-13H,4-8,15H2,1-3H3. The molecule has 0 saturated carbocycles. The zero-order valence-corrected chi connectivity index (χ0v) is 11.3. The van der Waals surface area contributed by atoms with E-state index in [1.54, 1.807) is 0 Å². The van der Waals surface area contributed by atoms with Crippen molar-refractivity contribution in [2.45, 2.75) is 58.9 Å². The third-order valence-electron chi connectivity index (χ3n) is 3.26. The van der Waals surface area contributed by atoms with E-state index in [-0.39, 0.29) is 6.04 Å². The minimum atomic E-state index is -0.0163. The van der Waals surface area contributed by atoms with Gasteiger partial charge in [-0.25, -0.2) is 9.97 Å². The van der Waals surface area contributed by atoms with Gasteiger partial charge in [0.1, 0.15) is 5.82 Å². The molecule has 1 aromatic rings. The van der Waals surface area contributed by atoms with Crippen LogP contribution >= 0.6 is 0 Å². The number of hydrogen-bond acceptors (Lipinski definition) is 3. The van der Waals surface area contributed by atoms with Crippen LogP contribution in [0.4, 0.5) is 0 Å².